The van der Waals surface area contributed by atoms with Crippen molar-refractivity contribution in [2.75, 3.05) is 18.6 Å². The van der Waals surface area contributed by atoms with Crippen LogP contribution in [0.1, 0.15) is 24.8 Å². The highest BCUT2D eigenvalue weighted by molar-refractivity contribution is 7.98. The van der Waals surface area contributed by atoms with Gasteiger partial charge < -0.3 is 36.9 Å². The predicted octanol–water partition coefficient (Wildman–Crippen LogP) is -0.174. The number of carboxylic acids is 2. The summed E-state index contributed by atoms with van der Waals surface area (Å²) in [6.45, 7) is -0.335. The quantitative estimate of drug-likeness (QED) is 0.166. The van der Waals surface area contributed by atoms with Crippen molar-refractivity contribution >= 4 is 52.3 Å². The fraction of sp³-hybridized carbons (Fsp3) is 0.435. The summed E-state index contributed by atoms with van der Waals surface area (Å²) in [5.74, 6) is -4.05. The molecule has 3 amide bonds. The average Bonchev–Trinajstić information content (AvgIpc) is 3.25. The summed E-state index contributed by atoms with van der Waals surface area (Å²) < 4.78 is 0. The van der Waals surface area contributed by atoms with Gasteiger partial charge in [-0.2, -0.15) is 11.8 Å². The van der Waals surface area contributed by atoms with E-state index in [0.29, 0.717) is 5.75 Å². The van der Waals surface area contributed by atoms with E-state index < -0.39 is 54.2 Å². The van der Waals surface area contributed by atoms with Gasteiger partial charge in [-0.05, 0) is 36.5 Å². The molecule has 196 valence electrons. The van der Waals surface area contributed by atoms with E-state index in [-0.39, 0.29) is 25.8 Å². The Morgan fingerprint density at radius 1 is 0.972 bits per heavy atom. The lowest BCUT2D eigenvalue weighted by molar-refractivity contribution is -0.143. The van der Waals surface area contributed by atoms with Crippen LogP contribution in [0.3, 0.4) is 0 Å². The van der Waals surface area contributed by atoms with E-state index in [1.54, 1.807) is 6.20 Å². The van der Waals surface area contributed by atoms with Crippen LogP contribution in [0.4, 0.5) is 0 Å². The lowest BCUT2D eigenvalue weighted by Crippen LogP contribution is -2.56. The zero-order valence-corrected chi connectivity index (χ0v) is 20.6. The first kappa shape index (κ1) is 28.7. The Balaban J connectivity index is 2.20. The molecule has 0 fully saturated rings. The molecular formula is C23H31N5O7S. The third-order valence-electron chi connectivity index (χ3n) is 5.44. The standard InChI is InChI=1S/C23H31N5O7S/c1-36-9-8-16(21(32)28-17(23(34)35)6-7-20(30)31)27-22(33)18(26-19(29)11-24)10-13-12-25-15-5-3-2-4-14(13)15/h2-5,12,16-18,25H,6-11,24H2,1H3,(H,26,29)(H,27,33)(H,28,32)(H,30,31)(H,34,35). The lowest BCUT2D eigenvalue weighted by Gasteiger charge is -2.24. The van der Waals surface area contributed by atoms with Crippen molar-refractivity contribution in [2.45, 2.75) is 43.8 Å². The number of rotatable bonds is 15. The first-order valence-corrected chi connectivity index (χ1v) is 12.6. The highest BCUT2D eigenvalue weighted by Crippen LogP contribution is 2.19. The molecule has 8 N–H and O–H groups in total. The van der Waals surface area contributed by atoms with Crippen LogP contribution in [0.15, 0.2) is 30.5 Å². The van der Waals surface area contributed by atoms with Gasteiger partial charge in [-0.25, -0.2) is 4.79 Å². The van der Waals surface area contributed by atoms with E-state index in [1.165, 1.54) is 11.8 Å². The maximum absolute atomic E-state index is 13.2. The second-order valence-corrected chi connectivity index (χ2v) is 9.05. The molecular weight excluding hydrogens is 490 g/mol. The zero-order chi connectivity index (χ0) is 26.7. The molecule has 1 aromatic heterocycles. The van der Waals surface area contributed by atoms with E-state index in [4.69, 9.17) is 10.8 Å². The van der Waals surface area contributed by atoms with Gasteiger partial charge in [0.2, 0.25) is 17.7 Å². The Hall–Kier alpha value is -3.58. The molecule has 12 nitrogen and oxygen atoms in total. The number of amides is 3. The largest absolute Gasteiger partial charge is 0.481 e. The van der Waals surface area contributed by atoms with E-state index in [9.17, 15) is 29.1 Å². The van der Waals surface area contributed by atoms with Crippen LogP contribution in [-0.4, -0.2) is 81.5 Å². The van der Waals surface area contributed by atoms with Crippen molar-refractivity contribution in [3.8, 4) is 0 Å². The Bertz CT molecular complexity index is 1090. The van der Waals surface area contributed by atoms with E-state index in [1.807, 2.05) is 30.5 Å². The topological polar surface area (TPSA) is 204 Å². The second kappa shape index (κ2) is 14.1. The second-order valence-electron chi connectivity index (χ2n) is 8.06. The van der Waals surface area contributed by atoms with Crippen molar-refractivity contribution in [3.63, 3.8) is 0 Å². The molecule has 0 aliphatic carbocycles. The van der Waals surface area contributed by atoms with Crippen LogP contribution in [0.2, 0.25) is 0 Å². The number of H-pyrrole nitrogens is 1. The molecule has 0 radical (unpaired) electrons. The van der Waals surface area contributed by atoms with Crippen molar-refractivity contribution in [1.82, 2.24) is 20.9 Å². The lowest BCUT2D eigenvalue weighted by atomic mass is 10.0. The van der Waals surface area contributed by atoms with Crippen molar-refractivity contribution in [3.05, 3.63) is 36.0 Å². The normalized spacial score (nSPS) is 13.4. The van der Waals surface area contributed by atoms with Gasteiger partial charge in [0, 0.05) is 29.9 Å². The number of aliphatic carboxylic acids is 2. The molecule has 3 atom stereocenters. The van der Waals surface area contributed by atoms with E-state index >= 15 is 0 Å². The Kier molecular flexibility index (Phi) is 11.2. The number of carbonyl (C=O) groups excluding carboxylic acids is 3. The smallest absolute Gasteiger partial charge is 0.326 e. The number of nitrogens with one attached hydrogen (secondary N) is 4. The fourth-order valence-electron chi connectivity index (χ4n) is 3.56. The third-order valence-corrected chi connectivity index (χ3v) is 6.09. The molecule has 1 heterocycles. The van der Waals surface area contributed by atoms with Gasteiger partial charge >= 0.3 is 11.9 Å². The van der Waals surface area contributed by atoms with E-state index in [0.717, 1.165) is 16.5 Å². The monoisotopic (exact) mass is 521 g/mol. The number of aromatic nitrogens is 1. The number of hydrogen-bond donors (Lipinski definition) is 7. The minimum absolute atomic E-state index is 0.120. The number of benzene rings is 1. The first-order valence-electron chi connectivity index (χ1n) is 11.2. The van der Waals surface area contributed by atoms with Crippen LogP contribution in [0.25, 0.3) is 10.9 Å². The Labute approximate surface area is 211 Å². The third kappa shape index (κ3) is 8.57. The molecule has 0 saturated carbocycles. The summed E-state index contributed by atoms with van der Waals surface area (Å²) in [6.07, 6.45) is 3.10. The Morgan fingerprint density at radius 2 is 1.64 bits per heavy atom. The number of hydrogen-bond acceptors (Lipinski definition) is 7. The number of fused-ring (bicyclic) bond motifs is 1. The molecule has 0 aliphatic rings. The van der Waals surface area contributed by atoms with Gasteiger partial charge in [0.1, 0.15) is 18.1 Å². The number of aromatic amines is 1. The van der Waals surface area contributed by atoms with Crippen molar-refractivity contribution < 1.29 is 34.2 Å². The van der Waals surface area contributed by atoms with Crippen LogP contribution in [-0.2, 0) is 30.4 Å². The van der Waals surface area contributed by atoms with E-state index in [2.05, 4.69) is 20.9 Å². The molecule has 0 spiro atoms. The highest BCUT2D eigenvalue weighted by Gasteiger charge is 2.30. The van der Waals surface area contributed by atoms with Crippen molar-refractivity contribution in [2.24, 2.45) is 5.73 Å². The molecule has 2 aromatic rings. The van der Waals surface area contributed by atoms with Gasteiger partial charge in [-0.3, -0.25) is 19.2 Å². The number of thioether (sulfide) groups is 1. The average molecular weight is 522 g/mol. The molecule has 0 saturated heterocycles. The van der Waals surface area contributed by atoms with Crippen LogP contribution < -0.4 is 21.7 Å². The summed E-state index contributed by atoms with van der Waals surface area (Å²) in [5, 5.41) is 26.6. The first-order chi connectivity index (χ1) is 17.2. The molecule has 0 aliphatic heterocycles. The summed E-state index contributed by atoms with van der Waals surface area (Å²) in [6, 6.07) is 3.88. The molecule has 3 unspecified atom stereocenters. The number of para-hydroxylation sites is 1. The van der Waals surface area contributed by atoms with Gasteiger partial charge in [-0.1, -0.05) is 18.2 Å². The minimum Gasteiger partial charge on any atom is -0.481 e. The fourth-order valence-corrected chi connectivity index (χ4v) is 4.03. The number of carboxylic acid groups (broad SMARTS) is 2. The number of nitrogens with two attached hydrogens (primary N) is 1. The van der Waals surface area contributed by atoms with Crippen LogP contribution in [0.5, 0.6) is 0 Å². The predicted molar refractivity (Wildman–Crippen MR) is 134 cm³/mol. The summed E-state index contributed by atoms with van der Waals surface area (Å²) in [4.78, 5) is 63.5. The maximum atomic E-state index is 13.2. The minimum atomic E-state index is -1.43. The van der Waals surface area contributed by atoms with Gasteiger partial charge in [0.15, 0.2) is 0 Å². The molecule has 2 rings (SSSR count). The summed E-state index contributed by atoms with van der Waals surface area (Å²) in [5.41, 5.74) is 7.05. The van der Waals surface area contributed by atoms with Crippen molar-refractivity contribution in [1.29, 1.82) is 0 Å². The molecule has 13 heteroatoms. The Morgan fingerprint density at radius 3 is 2.28 bits per heavy atom. The molecule has 0 bridgehead atoms. The highest BCUT2D eigenvalue weighted by atomic mass is 32.2. The molecule has 36 heavy (non-hydrogen) atoms. The van der Waals surface area contributed by atoms with Gasteiger partial charge in [-0.15, -0.1) is 0 Å². The number of carbonyl (C=O) groups is 5. The van der Waals surface area contributed by atoms with Crippen LogP contribution >= 0.6 is 11.8 Å². The summed E-state index contributed by atoms with van der Waals surface area (Å²) >= 11 is 1.43. The van der Waals surface area contributed by atoms with Crippen LogP contribution in [0, 0.1) is 0 Å². The molecule has 1 aromatic carbocycles. The maximum Gasteiger partial charge on any atom is 0.326 e. The van der Waals surface area contributed by atoms with Gasteiger partial charge in [0.25, 0.3) is 0 Å². The van der Waals surface area contributed by atoms with Gasteiger partial charge in [0.05, 0.1) is 6.54 Å². The summed E-state index contributed by atoms with van der Waals surface area (Å²) in [7, 11) is 0. The SMILES string of the molecule is CSCCC(NC(=O)C(Cc1c[nH]c2ccccc12)NC(=O)CN)C(=O)NC(CCC(=O)O)C(=O)O. The zero-order valence-electron chi connectivity index (χ0n) is 19.8.